The van der Waals surface area contributed by atoms with E-state index < -0.39 is 17.1 Å². The van der Waals surface area contributed by atoms with Crippen molar-refractivity contribution < 1.29 is 27.4 Å². The van der Waals surface area contributed by atoms with Crippen LogP contribution in [-0.4, -0.2) is 50.5 Å². The second-order valence-electron chi connectivity index (χ2n) is 7.74. The van der Waals surface area contributed by atoms with Crippen LogP contribution in [0.15, 0.2) is 67.0 Å². The van der Waals surface area contributed by atoms with Crippen LogP contribution >= 0.6 is 0 Å². The molecule has 10 heteroatoms. The predicted octanol–water partition coefficient (Wildman–Crippen LogP) is 4.27. The number of hydrogen-bond donors (Lipinski definition) is 2. The SMILES string of the molecule is O=C1OCCN1C(CCc1ccncc1)COc1ccc(-c2ccc(F)c(NS(=O)O)c2)cc1. The smallest absolute Gasteiger partial charge is 0.410 e. The molecule has 1 aliphatic heterocycles. The van der Waals surface area contributed by atoms with Gasteiger partial charge in [0.1, 0.15) is 24.8 Å². The molecule has 1 amide bonds. The van der Waals surface area contributed by atoms with Crippen LogP contribution in [0.2, 0.25) is 0 Å². The molecule has 2 aromatic carbocycles. The molecule has 0 radical (unpaired) electrons. The summed E-state index contributed by atoms with van der Waals surface area (Å²) in [5, 5.41) is 0. The maximum absolute atomic E-state index is 13.8. The fourth-order valence-corrected chi connectivity index (χ4v) is 4.11. The summed E-state index contributed by atoms with van der Waals surface area (Å²) in [6.07, 6.45) is 4.66. The van der Waals surface area contributed by atoms with Gasteiger partial charge in [-0.15, -0.1) is 0 Å². The van der Waals surface area contributed by atoms with E-state index in [2.05, 4.69) is 9.71 Å². The van der Waals surface area contributed by atoms with E-state index >= 15 is 0 Å². The van der Waals surface area contributed by atoms with Gasteiger partial charge < -0.3 is 9.47 Å². The molecule has 178 valence electrons. The van der Waals surface area contributed by atoms with Crippen LogP contribution in [0.5, 0.6) is 5.75 Å². The van der Waals surface area contributed by atoms with Gasteiger partial charge in [0, 0.05) is 12.4 Å². The molecule has 2 atom stereocenters. The predicted molar refractivity (Wildman–Crippen MR) is 126 cm³/mol. The highest BCUT2D eigenvalue weighted by Crippen LogP contribution is 2.27. The zero-order valence-electron chi connectivity index (χ0n) is 18.2. The van der Waals surface area contributed by atoms with Gasteiger partial charge in [0.05, 0.1) is 18.3 Å². The summed E-state index contributed by atoms with van der Waals surface area (Å²) in [5.74, 6) is 0.00602. The molecule has 2 heterocycles. The molecule has 1 aromatic heterocycles. The number of nitrogens with zero attached hydrogens (tertiary/aromatic N) is 2. The Bertz CT molecular complexity index is 1150. The van der Waals surface area contributed by atoms with Crippen molar-refractivity contribution in [1.29, 1.82) is 0 Å². The van der Waals surface area contributed by atoms with Crippen molar-refractivity contribution in [3.8, 4) is 16.9 Å². The number of anilines is 1. The second kappa shape index (κ2) is 11.1. The number of amides is 1. The number of ether oxygens (including phenoxy) is 2. The number of aryl methyl sites for hydroxylation is 1. The highest BCUT2D eigenvalue weighted by atomic mass is 32.2. The Morgan fingerprint density at radius 1 is 1.15 bits per heavy atom. The molecule has 4 rings (SSSR count). The van der Waals surface area contributed by atoms with E-state index in [0.29, 0.717) is 31.1 Å². The third-order valence-electron chi connectivity index (χ3n) is 5.54. The number of rotatable bonds is 10. The third-order valence-corrected chi connectivity index (χ3v) is 5.94. The summed E-state index contributed by atoms with van der Waals surface area (Å²) in [5.41, 5.74) is 2.54. The number of pyridine rings is 1. The van der Waals surface area contributed by atoms with Gasteiger partial charge in [0.15, 0.2) is 0 Å². The van der Waals surface area contributed by atoms with Gasteiger partial charge in [-0.1, -0.05) is 18.2 Å². The third kappa shape index (κ3) is 6.09. The lowest BCUT2D eigenvalue weighted by atomic mass is 10.0. The van der Waals surface area contributed by atoms with Crippen molar-refractivity contribution in [2.24, 2.45) is 0 Å². The van der Waals surface area contributed by atoms with Gasteiger partial charge in [-0.25, -0.2) is 13.4 Å². The maximum Gasteiger partial charge on any atom is 0.410 e. The number of carbonyl (C=O) groups is 1. The standard InChI is InChI=1S/C24H24FN3O5S/c25-22-8-4-19(15-23(22)27-34(30)31)18-2-6-21(7-3-18)33-16-20(28-13-14-32-24(28)29)5-1-17-9-11-26-12-10-17/h2-4,6-12,15,20,27H,1,5,13-14,16H2,(H,30,31). The van der Waals surface area contributed by atoms with Crippen LogP contribution in [0, 0.1) is 5.82 Å². The van der Waals surface area contributed by atoms with Crippen LogP contribution < -0.4 is 9.46 Å². The molecule has 0 bridgehead atoms. The number of hydrogen-bond acceptors (Lipinski definition) is 5. The van der Waals surface area contributed by atoms with Gasteiger partial charge in [-0.2, -0.15) is 0 Å². The lowest BCUT2D eigenvalue weighted by Gasteiger charge is -2.26. The Balaban J connectivity index is 1.42. The monoisotopic (exact) mass is 485 g/mol. The molecule has 0 saturated carbocycles. The number of carbonyl (C=O) groups excluding carboxylic acids is 1. The minimum Gasteiger partial charge on any atom is -0.491 e. The van der Waals surface area contributed by atoms with Crippen LogP contribution in [0.3, 0.4) is 0 Å². The van der Waals surface area contributed by atoms with Crippen molar-refractivity contribution in [3.05, 3.63) is 78.4 Å². The van der Waals surface area contributed by atoms with Gasteiger partial charge >= 0.3 is 6.09 Å². The molecule has 1 saturated heterocycles. The van der Waals surface area contributed by atoms with E-state index in [0.717, 1.165) is 24.0 Å². The van der Waals surface area contributed by atoms with E-state index in [1.54, 1.807) is 35.5 Å². The molecule has 1 aliphatic rings. The van der Waals surface area contributed by atoms with Crippen molar-refractivity contribution >= 4 is 23.0 Å². The highest BCUT2D eigenvalue weighted by molar-refractivity contribution is 7.80. The molecule has 8 nitrogen and oxygen atoms in total. The van der Waals surface area contributed by atoms with E-state index in [1.165, 1.54) is 12.1 Å². The van der Waals surface area contributed by atoms with Crippen LogP contribution in [-0.2, 0) is 22.4 Å². The Kier molecular flexibility index (Phi) is 7.71. The molecule has 2 N–H and O–H groups in total. The fraction of sp³-hybridized carbons (Fsp3) is 0.250. The topological polar surface area (TPSA) is 101 Å². The van der Waals surface area contributed by atoms with Crippen LogP contribution in [0.1, 0.15) is 12.0 Å². The molecule has 0 aliphatic carbocycles. The van der Waals surface area contributed by atoms with Crippen molar-refractivity contribution in [2.45, 2.75) is 18.9 Å². The summed E-state index contributed by atoms with van der Waals surface area (Å²) < 4.78 is 47.1. The first-order valence-electron chi connectivity index (χ1n) is 10.7. The largest absolute Gasteiger partial charge is 0.491 e. The summed E-state index contributed by atoms with van der Waals surface area (Å²) in [6, 6.07) is 15.3. The maximum atomic E-state index is 13.8. The van der Waals surface area contributed by atoms with Gasteiger partial charge in [0.2, 0.25) is 0 Å². The Labute approximate surface area is 199 Å². The van der Waals surface area contributed by atoms with Crippen LogP contribution in [0.25, 0.3) is 11.1 Å². The first-order valence-corrected chi connectivity index (χ1v) is 11.8. The Hall–Kier alpha value is -3.50. The molecular weight excluding hydrogens is 461 g/mol. The number of aromatic nitrogens is 1. The molecule has 2 unspecified atom stereocenters. The number of benzene rings is 2. The average molecular weight is 486 g/mol. The molecule has 3 aromatic rings. The quantitative estimate of drug-likeness (QED) is 0.416. The van der Waals surface area contributed by atoms with Crippen molar-refractivity contribution in [1.82, 2.24) is 9.88 Å². The lowest BCUT2D eigenvalue weighted by molar-refractivity contribution is 0.128. The summed E-state index contributed by atoms with van der Waals surface area (Å²) in [6.45, 7) is 1.21. The average Bonchev–Trinajstić information content (AvgIpc) is 3.27. The minimum absolute atomic E-state index is 0.0619. The lowest BCUT2D eigenvalue weighted by Crippen LogP contribution is -2.40. The Morgan fingerprint density at radius 3 is 2.56 bits per heavy atom. The van der Waals surface area contributed by atoms with E-state index in [4.69, 9.17) is 14.0 Å². The summed E-state index contributed by atoms with van der Waals surface area (Å²) in [7, 11) is 0. The van der Waals surface area contributed by atoms with Crippen molar-refractivity contribution in [2.75, 3.05) is 24.5 Å². The van der Waals surface area contributed by atoms with Gasteiger partial charge in [0.25, 0.3) is 11.3 Å². The normalized spacial score (nSPS) is 15.0. The number of cyclic esters (lactones) is 1. The highest BCUT2D eigenvalue weighted by Gasteiger charge is 2.30. The molecular formula is C24H24FN3O5S. The first kappa shape index (κ1) is 23.7. The fourth-order valence-electron chi connectivity index (χ4n) is 3.76. The molecule has 0 spiro atoms. The van der Waals surface area contributed by atoms with E-state index in [9.17, 15) is 13.4 Å². The Morgan fingerprint density at radius 2 is 1.88 bits per heavy atom. The van der Waals surface area contributed by atoms with Crippen LogP contribution in [0.4, 0.5) is 14.9 Å². The van der Waals surface area contributed by atoms with E-state index in [-0.39, 0.29) is 17.8 Å². The van der Waals surface area contributed by atoms with Crippen molar-refractivity contribution in [3.63, 3.8) is 0 Å². The first-order chi connectivity index (χ1) is 16.5. The van der Waals surface area contributed by atoms with E-state index in [1.807, 2.05) is 24.3 Å². The number of nitrogens with one attached hydrogen (secondary N) is 1. The summed E-state index contributed by atoms with van der Waals surface area (Å²) >= 11 is -2.37. The summed E-state index contributed by atoms with van der Waals surface area (Å²) in [4.78, 5) is 17.9. The zero-order valence-corrected chi connectivity index (χ0v) is 19.0. The molecule has 34 heavy (non-hydrogen) atoms. The molecule has 1 fully saturated rings. The zero-order chi connectivity index (χ0) is 23.9. The second-order valence-corrected chi connectivity index (χ2v) is 8.44. The van der Waals surface area contributed by atoms with Gasteiger partial charge in [-0.3, -0.25) is 19.2 Å². The van der Waals surface area contributed by atoms with Gasteiger partial charge in [-0.05, 0) is 65.9 Å². The minimum atomic E-state index is -2.37. The number of halogens is 1.